The van der Waals surface area contributed by atoms with Crippen molar-refractivity contribution in [2.24, 2.45) is 0 Å². The highest BCUT2D eigenvalue weighted by Crippen LogP contribution is 2.32. The fraction of sp³-hybridized carbons (Fsp3) is 0.304. The van der Waals surface area contributed by atoms with Gasteiger partial charge in [-0.25, -0.2) is 9.59 Å². The van der Waals surface area contributed by atoms with Crippen LogP contribution in [0.25, 0.3) is 22.2 Å². The topological polar surface area (TPSA) is 95.7 Å². The molecular weight excluding hydrogens is 428 g/mol. The van der Waals surface area contributed by atoms with Crippen molar-refractivity contribution < 1.29 is 19.1 Å². The number of urea groups is 1. The molecule has 0 saturated carbocycles. The molecule has 8 nitrogen and oxygen atoms in total. The minimum absolute atomic E-state index is 0.179. The largest absolute Gasteiger partial charge is 0.495 e. The van der Waals surface area contributed by atoms with Crippen molar-refractivity contribution in [3.8, 4) is 17.0 Å². The minimum atomic E-state index is -0.589. The average Bonchev–Trinajstić information content (AvgIpc) is 3.16. The summed E-state index contributed by atoms with van der Waals surface area (Å²) in [5, 5.41) is 6.50. The number of methoxy groups -OCH3 is 1. The van der Waals surface area contributed by atoms with Crippen molar-refractivity contribution in [1.29, 1.82) is 0 Å². The van der Waals surface area contributed by atoms with E-state index in [1.54, 1.807) is 26.8 Å². The number of alkyl carbamates (subject to hydrolysis) is 1. The highest BCUT2D eigenvalue weighted by Gasteiger charge is 2.17. The third-order valence-corrected chi connectivity index (χ3v) is 4.89. The van der Waals surface area contributed by atoms with Crippen molar-refractivity contribution in [3.05, 3.63) is 48.5 Å². The van der Waals surface area contributed by atoms with Gasteiger partial charge in [-0.3, -0.25) is 4.31 Å². The van der Waals surface area contributed by atoms with E-state index in [-0.39, 0.29) is 13.1 Å². The van der Waals surface area contributed by atoms with Gasteiger partial charge in [0.25, 0.3) is 0 Å². The summed E-state index contributed by atoms with van der Waals surface area (Å²) in [4.78, 5) is 27.7. The van der Waals surface area contributed by atoms with Crippen LogP contribution >= 0.6 is 12.8 Å². The van der Waals surface area contributed by atoms with E-state index in [2.05, 4.69) is 34.5 Å². The maximum atomic E-state index is 12.6. The summed E-state index contributed by atoms with van der Waals surface area (Å²) in [5.74, 6) is 0.520. The normalized spacial score (nSPS) is 11.2. The third kappa shape index (κ3) is 6.10. The van der Waals surface area contributed by atoms with Crippen LogP contribution in [0.3, 0.4) is 0 Å². The van der Waals surface area contributed by atoms with E-state index in [1.165, 1.54) is 11.4 Å². The number of H-pyrrole nitrogens is 1. The first-order valence-corrected chi connectivity index (χ1v) is 10.6. The van der Waals surface area contributed by atoms with Gasteiger partial charge in [-0.15, -0.1) is 0 Å². The second-order valence-electron chi connectivity index (χ2n) is 8.17. The number of rotatable bonds is 6. The summed E-state index contributed by atoms with van der Waals surface area (Å²) in [5.41, 5.74) is 2.77. The molecule has 3 N–H and O–H groups in total. The third-order valence-electron chi connectivity index (χ3n) is 4.51. The average molecular weight is 457 g/mol. The Morgan fingerprint density at radius 2 is 1.88 bits per heavy atom. The Kier molecular flexibility index (Phi) is 7.19. The van der Waals surface area contributed by atoms with Crippen molar-refractivity contribution in [2.75, 3.05) is 25.5 Å². The summed E-state index contributed by atoms with van der Waals surface area (Å²) in [6.45, 7) is 5.71. The van der Waals surface area contributed by atoms with Crippen molar-refractivity contribution >= 4 is 41.5 Å². The Labute approximate surface area is 192 Å². The van der Waals surface area contributed by atoms with Gasteiger partial charge < -0.3 is 25.1 Å². The highest BCUT2D eigenvalue weighted by atomic mass is 32.1. The predicted molar refractivity (Wildman–Crippen MR) is 129 cm³/mol. The molecule has 0 aliphatic heterocycles. The van der Waals surface area contributed by atoms with E-state index < -0.39 is 17.7 Å². The van der Waals surface area contributed by atoms with E-state index in [4.69, 9.17) is 9.47 Å². The Balaban J connectivity index is 1.65. The molecule has 0 spiro atoms. The van der Waals surface area contributed by atoms with Crippen LogP contribution in [0, 0.1) is 0 Å². The molecule has 170 valence electrons. The lowest BCUT2D eigenvalue weighted by atomic mass is 10.1. The Morgan fingerprint density at radius 1 is 1.12 bits per heavy atom. The van der Waals surface area contributed by atoms with Gasteiger partial charge >= 0.3 is 12.1 Å². The van der Waals surface area contributed by atoms with E-state index in [0.29, 0.717) is 11.4 Å². The monoisotopic (exact) mass is 456 g/mol. The number of aromatic nitrogens is 1. The number of anilines is 1. The summed E-state index contributed by atoms with van der Waals surface area (Å²) < 4.78 is 11.7. The second-order valence-corrected chi connectivity index (χ2v) is 8.65. The Bertz CT molecular complexity index is 1070. The number of fused-ring (bicyclic) bond motifs is 1. The number of para-hydroxylation sites is 1. The maximum absolute atomic E-state index is 12.6. The molecule has 1 heterocycles. The molecule has 3 rings (SSSR count). The molecule has 1 aromatic heterocycles. The van der Waals surface area contributed by atoms with Crippen molar-refractivity contribution in [1.82, 2.24) is 14.6 Å². The number of hydrogen-bond acceptors (Lipinski definition) is 5. The van der Waals surface area contributed by atoms with Crippen molar-refractivity contribution in [3.63, 3.8) is 0 Å². The summed E-state index contributed by atoms with van der Waals surface area (Å²) >= 11 is 4.22. The lowest BCUT2D eigenvalue weighted by Gasteiger charge is -2.21. The van der Waals surface area contributed by atoms with Gasteiger partial charge in [0.2, 0.25) is 0 Å². The molecule has 0 atom stereocenters. The second kappa shape index (κ2) is 9.86. The van der Waals surface area contributed by atoms with E-state index in [9.17, 15) is 9.59 Å². The molecule has 0 aliphatic rings. The van der Waals surface area contributed by atoms with Crippen molar-refractivity contribution in [2.45, 2.75) is 26.4 Å². The number of carbonyl (C=O) groups is 2. The van der Waals surface area contributed by atoms with Crippen LogP contribution in [0.4, 0.5) is 15.3 Å². The molecule has 0 unspecified atom stereocenters. The molecular formula is C23H28N4O4S. The Morgan fingerprint density at radius 3 is 2.56 bits per heavy atom. The smallest absolute Gasteiger partial charge is 0.407 e. The molecule has 3 aromatic rings. The van der Waals surface area contributed by atoms with Crippen LogP contribution in [-0.4, -0.2) is 47.2 Å². The van der Waals surface area contributed by atoms with Gasteiger partial charge in [0.1, 0.15) is 11.4 Å². The summed E-state index contributed by atoms with van der Waals surface area (Å²) in [7, 11) is 1.54. The standard InChI is InChI=1S/C23H28N4O4S/c1-23(2,3)31-22(29)24-11-12-27(32)21(28)26-19-14-16(9-10-20(19)30-4)18-13-15-7-5-6-8-17(15)25-18/h5-10,13-14,25,32H,11-12H2,1-4H3,(H,24,29)(H,26,28). The zero-order valence-electron chi connectivity index (χ0n) is 18.6. The number of ether oxygens (including phenoxy) is 2. The number of amides is 3. The number of benzene rings is 2. The van der Waals surface area contributed by atoms with Crippen LogP contribution in [0.5, 0.6) is 5.75 Å². The number of thiol groups is 1. The van der Waals surface area contributed by atoms with Crippen LogP contribution in [-0.2, 0) is 4.74 Å². The van der Waals surface area contributed by atoms with Crippen LogP contribution in [0.15, 0.2) is 48.5 Å². The lowest BCUT2D eigenvalue weighted by Crippen LogP contribution is -2.38. The molecule has 9 heteroatoms. The summed E-state index contributed by atoms with van der Waals surface area (Å²) in [6, 6.07) is 15.1. The van der Waals surface area contributed by atoms with Gasteiger partial charge in [0.15, 0.2) is 0 Å². The van der Waals surface area contributed by atoms with Gasteiger partial charge in [-0.05, 0) is 51.1 Å². The summed E-state index contributed by atoms with van der Waals surface area (Å²) in [6.07, 6.45) is -0.549. The molecule has 0 fully saturated rings. The first-order chi connectivity index (χ1) is 15.2. The fourth-order valence-electron chi connectivity index (χ4n) is 3.06. The maximum Gasteiger partial charge on any atom is 0.407 e. The zero-order chi connectivity index (χ0) is 23.3. The van der Waals surface area contributed by atoms with Crippen LogP contribution in [0.2, 0.25) is 0 Å². The van der Waals surface area contributed by atoms with Crippen LogP contribution < -0.4 is 15.4 Å². The van der Waals surface area contributed by atoms with Gasteiger partial charge in [0, 0.05) is 28.7 Å². The molecule has 0 aliphatic carbocycles. The number of aromatic amines is 1. The zero-order valence-corrected chi connectivity index (χ0v) is 19.5. The van der Waals surface area contributed by atoms with Gasteiger partial charge in [0.05, 0.1) is 19.3 Å². The molecule has 0 radical (unpaired) electrons. The van der Waals surface area contributed by atoms with E-state index in [0.717, 1.165) is 22.2 Å². The molecule has 32 heavy (non-hydrogen) atoms. The first-order valence-electron chi connectivity index (χ1n) is 10.2. The van der Waals surface area contributed by atoms with E-state index in [1.807, 2.05) is 36.4 Å². The first kappa shape index (κ1) is 23.3. The van der Waals surface area contributed by atoms with Crippen LogP contribution in [0.1, 0.15) is 20.8 Å². The minimum Gasteiger partial charge on any atom is -0.495 e. The molecule has 0 bridgehead atoms. The lowest BCUT2D eigenvalue weighted by molar-refractivity contribution is 0.0526. The number of carbonyl (C=O) groups excluding carboxylic acids is 2. The molecule has 2 aromatic carbocycles. The number of nitrogens with one attached hydrogen (secondary N) is 3. The number of hydrogen-bond donors (Lipinski definition) is 4. The molecule has 3 amide bonds. The quantitative estimate of drug-likeness (QED) is 0.391. The Hall–Kier alpha value is -3.33. The predicted octanol–water partition coefficient (Wildman–Crippen LogP) is 5.05. The van der Waals surface area contributed by atoms with Gasteiger partial charge in [-0.1, -0.05) is 31.0 Å². The molecule has 0 saturated heterocycles. The van der Waals surface area contributed by atoms with E-state index >= 15 is 0 Å². The SMILES string of the molecule is COc1ccc(-c2cc3ccccc3[nH]2)cc1NC(=O)N(S)CCNC(=O)OC(C)(C)C. The highest BCUT2D eigenvalue weighted by molar-refractivity contribution is 7.78. The number of nitrogens with zero attached hydrogens (tertiary/aromatic N) is 1. The van der Waals surface area contributed by atoms with Gasteiger partial charge in [-0.2, -0.15) is 0 Å². The fourth-order valence-corrected chi connectivity index (χ4v) is 3.21.